The molecule has 5 heteroatoms. The van der Waals surface area contributed by atoms with Gasteiger partial charge in [0.25, 0.3) is 0 Å². The molecule has 110 valence electrons. The van der Waals surface area contributed by atoms with E-state index in [2.05, 4.69) is 15.9 Å². The quantitative estimate of drug-likeness (QED) is 0.905. The molecule has 0 bridgehead atoms. The molecule has 3 rings (SSSR count). The molecule has 2 aromatic carbocycles. The van der Waals surface area contributed by atoms with Crippen LogP contribution in [0.1, 0.15) is 11.5 Å². The van der Waals surface area contributed by atoms with Gasteiger partial charge in [-0.2, -0.15) is 0 Å². The molecule has 0 aromatic heterocycles. The second-order valence-electron chi connectivity index (χ2n) is 5.30. The predicted octanol–water partition coefficient (Wildman–Crippen LogP) is 2.96. The van der Waals surface area contributed by atoms with Crippen molar-refractivity contribution in [3.8, 4) is 0 Å². The van der Waals surface area contributed by atoms with Crippen LogP contribution in [0.25, 0.3) is 0 Å². The fraction of sp³-hybridized carbons (Fsp3) is 0.250. The summed E-state index contributed by atoms with van der Waals surface area (Å²) in [5.74, 6) is -0.00955. The van der Waals surface area contributed by atoms with Gasteiger partial charge in [-0.05, 0) is 42.3 Å². The molecule has 3 atom stereocenters. The van der Waals surface area contributed by atoms with Crippen LogP contribution >= 0.6 is 15.9 Å². The molecule has 1 fully saturated rings. The van der Waals surface area contributed by atoms with Gasteiger partial charge >= 0.3 is 0 Å². The highest BCUT2D eigenvalue weighted by Gasteiger charge is 2.57. The van der Waals surface area contributed by atoms with Crippen LogP contribution in [0.3, 0.4) is 0 Å². The molecule has 3 nitrogen and oxygen atoms in total. The molecule has 1 saturated carbocycles. The summed E-state index contributed by atoms with van der Waals surface area (Å²) in [7, 11) is -3.33. The number of hydrogen-bond acceptors (Lipinski definition) is 3. The Kier molecular flexibility index (Phi) is 3.90. The van der Waals surface area contributed by atoms with E-state index in [9.17, 15) is 8.42 Å². The van der Waals surface area contributed by atoms with Crippen molar-refractivity contribution in [1.29, 1.82) is 0 Å². The number of rotatable bonds is 4. The van der Waals surface area contributed by atoms with Crippen LogP contribution in [0.5, 0.6) is 0 Å². The molecule has 0 unspecified atom stereocenters. The molecule has 0 spiro atoms. The third-order valence-electron chi connectivity index (χ3n) is 4.05. The van der Waals surface area contributed by atoms with E-state index in [4.69, 9.17) is 5.73 Å². The first kappa shape index (κ1) is 14.8. The van der Waals surface area contributed by atoms with Gasteiger partial charge in [0.15, 0.2) is 9.84 Å². The van der Waals surface area contributed by atoms with E-state index >= 15 is 0 Å². The number of halogens is 1. The highest BCUT2D eigenvalue weighted by molar-refractivity contribution is 9.10. The molecule has 0 radical (unpaired) electrons. The lowest BCUT2D eigenvalue weighted by molar-refractivity contribution is 0.591. The summed E-state index contributed by atoms with van der Waals surface area (Å²) in [5.41, 5.74) is 6.82. The van der Waals surface area contributed by atoms with Gasteiger partial charge in [-0.3, -0.25) is 0 Å². The SMILES string of the molecule is NC[C@@H]1[C@H](c2ccc(Br)cc2)[C@H]1S(=O)(=O)c1ccccc1. The van der Waals surface area contributed by atoms with Crippen molar-refractivity contribution in [2.75, 3.05) is 6.54 Å². The van der Waals surface area contributed by atoms with Gasteiger partial charge in [0.2, 0.25) is 0 Å². The Morgan fingerprint density at radius 1 is 1.00 bits per heavy atom. The highest BCUT2D eigenvalue weighted by atomic mass is 79.9. The number of nitrogens with two attached hydrogens (primary N) is 1. The molecule has 0 heterocycles. The van der Waals surface area contributed by atoms with Crippen LogP contribution in [-0.2, 0) is 9.84 Å². The Bertz CT molecular complexity index is 729. The lowest BCUT2D eigenvalue weighted by Gasteiger charge is -2.04. The number of hydrogen-bond donors (Lipinski definition) is 1. The van der Waals surface area contributed by atoms with Crippen molar-refractivity contribution in [3.63, 3.8) is 0 Å². The van der Waals surface area contributed by atoms with E-state index in [0.29, 0.717) is 11.4 Å². The zero-order valence-electron chi connectivity index (χ0n) is 11.3. The molecule has 0 aliphatic heterocycles. The van der Waals surface area contributed by atoms with Crippen molar-refractivity contribution < 1.29 is 8.42 Å². The largest absolute Gasteiger partial charge is 0.330 e. The number of benzene rings is 2. The minimum absolute atomic E-state index is 0.00335. The van der Waals surface area contributed by atoms with Crippen LogP contribution in [0, 0.1) is 5.92 Å². The van der Waals surface area contributed by atoms with E-state index in [1.54, 1.807) is 24.3 Å². The zero-order chi connectivity index (χ0) is 15.0. The van der Waals surface area contributed by atoms with Gasteiger partial charge in [0, 0.05) is 10.4 Å². The van der Waals surface area contributed by atoms with Gasteiger partial charge in [0.1, 0.15) is 0 Å². The Morgan fingerprint density at radius 3 is 2.19 bits per heavy atom. The lowest BCUT2D eigenvalue weighted by Crippen LogP contribution is -2.13. The molecule has 2 aromatic rings. The minimum Gasteiger partial charge on any atom is -0.330 e. The van der Waals surface area contributed by atoms with Crippen molar-refractivity contribution in [1.82, 2.24) is 0 Å². The van der Waals surface area contributed by atoms with Gasteiger partial charge in [-0.15, -0.1) is 0 Å². The Balaban J connectivity index is 1.94. The summed E-state index contributed by atoms with van der Waals surface area (Å²) >= 11 is 3.40. The van der Waals surface area contributed by atoms with Crippen molar-refractivity contribution >= 4 is 25.8 Å². The van der Waals surface area contributed by atoms with Gasteiger partial charge < -0.3 is 5.73 Å². The molecule has 2 N–H and O–H groups in total. The third kappa shape index (κ3) is 2.65. The average Bonchev–Trinajstić information content (AvgIpc) is 3.24. The van der Waals surface area contributed by atoms with Crippen LogP contribution < -0.4 is 5.73 Å². The molecular formula is C16H16BrNO2S. The predicted molar refractivity (Wildman–Crippen MR) is 86.8 cm³/mol. The molecule has 0 saturated heterocycles. The second kappa shape index (κ2) is 5.55. The number of sulfone groups is 1. The fourth-order valence-corrected chi connectivity index (χ4v) is 5.45. The minimum atomic E-state index is -3.33. The second-order valence-corrected chi connectivity index (χ2v) is 8.32. The van der Waals surface area contributed by atoms with E-state index in [0.717, 1.165) is 10.0 Å². The fourth-order valence-electron chi connectivity index (χ4n) is 2.94. The summed E-state index contributed by atoms with van der Waals surface area (Å²) in [6, 6.07) is 16.4. The Morgan fingerprint density at radius 2 is 1.62 bits per heavy atom. The summed E-state index contributed by atoms with van der Waals surface area (Å²) in [6.45, 7) is 0.386. The van der Waals surface area contributed by atoms with Crippen molar-refractivity contribution in [2.24, 2.45) is 11.7 Å². The maximum absolute atomic E-state index is 12.7. The summed E-state index contributed by atoms with van der Waals surface area (Å²) < 4.78 is 26.5. The maximum atomic E-state index is 12.7. The van der Waals surface area contributed by atoms with E-state index in [1.807, 2.05) is 30.3 Å². The van der Waals surface area contributed by atoms with Gasteiger partial charge in [0.05, 0.1) is 10.1 Å². The average molecular weight is 366 g/mol. The van der Waals surface area contributed by atoms with E-state index in [-0.39, 0.29) is 11.8 Å². The topological polar surface area (TPSA) is 60.2 Å². The Hall–Kier alpha value is -1.17. The molecule has 0 amide bonds. The smallest absolute Gasteiger partial charge is 0.182 e. The monoisotopic (exact) mass is 365 g/mol. The first-order chi connectivity index (χ1) is 10.1. The van der Waals surface area contributed by atoms with Crippen LogP contribution in [0.2, 0.25) is 0 Å². The van der Waals surface area contributed by atoms with Gasteiger partial charge in [-0.25, -0.2) is 8.42 Å². The highest BCUT2D eigenvalue weighted by Crippen LogP contribution is 2.53. The van der Waals surface area contributed by atoms with Crippen LogP contribution in [0.4, 0.5) is 0 Å². The summed E-state index contributed by atoms with van der Waals surface area (Å²) in [6.07, 6.45) is 0. The third-order valence-corrected chi connectivity index (χ3v) is 6.87. The van der Waals surface area contributed by atoms with Crippen molar-refractivity contribution in [2.45, 2.75) is 16.1 Å². The summed E-state index contributed by atoms with van der Waals surface area (Å²) in [5, 5.41) is -0.411. The Labute approximate surface area is 133 Å². The van der Waals surface area contributed by atoms with Crippen LogP contribution in [-0.4, -0.2) is 20.2 Å². The first-order valence-corrected chi connectivity index (χ1v) is 9.14. The van der Waals surface area contributed by atoms with Gasteiger partial charge in [-0.1, -0.05) is 46.3 Å². The van der Waals surface area contributed by atoms with Crippen molar-refractivity contribution in [3.05, 3.63) is 64.6 Å². The molecule has 1 aliphatic carbocycles. The first-order valence-electron chi connectivity index (χ1n) is 6.80. The lowest BCUT2D eigenvalue weighted by atomic mass is 10.1. The molecule has 21 heavy (non-hydrogen) atoms. The molecular weight excluding hydrogens is 350 g/mol. The van der Waals surface area contributed by atoms with E-state index in [1.165, 1.54) is 0 Å². The summed E-state index contributed by atoms with van der Waals surface area (Å²) in [4.78, 5) is 0.382. The zero-order valence-corrected chi connectivity index (χ0v) is 13.7. The normalized spacial score (nSPS) is 24.8. The van der Waals surface area contributed by atoms with Crippen LogP contribution in [0.15, 0.2) is 64.0 Å². The maximum Gasteiger partial charge on any atom is 0.182 e. The molecule has 1 aliphatic rings. The standard InChI is InChI=1S/C16H16BrNO2S/c17-12-8-6-11(7-9-12)15-14(10-18)16(15)21(19,20)13-4-2-1-3-5-13/h1-9,14-16H,10,18H2/t14-,15+,16+/m1/s1. The van der Waals surface area contributed by atoms with E-state index < -0.39 is 15.1 Å².